The Balaban J connectivity index is 1.48. The molecule has 8 heteroatoms. The number of aromatic nitrogens is 5. The smallest absolute Gasteiger partial charge is 0.245 e. The van der Waals surface area contributed by atoms with Gasteiger partial charge in [-0.1, -0.05) is 0 Å². The summed E-state index contributed by atoms with van der Waals surface area (Å²) in [5.41, 5.74) is 2.98. The summed E-state index contributed by atoms with van der Waals surface area (Å²) in [4.78, 5) is 10.8. The number of benzene rings is 1. The Kier molecular flexibility index (Phi) is 4.96. The third-order valence-corrected chi connectivity index (χ3v) is 4.92. The highest BCUT2D eigenvalue weighted by atomic mass is 16.3. The SMILES string of the molecule is Cc1cn(-c2ccc(-c3cnc(N4CCC(NC(C)(C)C)C4)nn3)c(O)c2)cn1. The average molecular weight is 393 g/mol. The number of aromatic hydroxyl groups is 1. The Morgan fingerprint density at radius 2 is 2.00 bits per heavy atom. The van der Waals surface area contributed by atoms with E-state index in [4.69, 9.17) is 0 Å². The molecule has 2 aromatic heterocycles. The molecule has 1 fully saturated rings. The van der Waals surface area contributed by atoms with Crippen LogP contribution in [-0.2, 0) is 0 Å². The normalized spacial score (nSPS) is 17.1. The van der Waals surface area contributed by atoms with Gasteiger partial charge in [0.05, 0.1) is 23.9 Å². The largest absolute Gasteiger partial charge is 0.507 e. The first-order chi connectivity index (χ1) is 13.8. The Morgan fingerprint density at radius 1 is 1.17 bits per heavy atom. The number of nitrogens with one attached hydrogen (secondary N) is 1. The fourth-order valence-electron chi connectivity index (χ4n) is 3.67. The van der Waals surface area contributed by atoms with Crippen molar-refractivity contribution >= 4 is 5.95 Å². The third-order valence-electron chi connectivity index (χ3n) is 4.92. The van der Waals surface area contributed by atoms with E-state index in [0.717, 1.165) is 30.9 Å². The molecule has 3 aromatic rings. The van der Waals surface area contributed by atoms with Crippen molar-refractivity contribution < 1.29 is 5.11 Å². The van der Waals surface area contributed by atoms with Gasteiger partial charge >= 0.3 is 0 Å². The fourth-order valence-corrected chi connectivity index (χ4v) is 3.67. The molecule has 1 aromatic carbocycles. The number of imidazole rings is 1. The number of nitrogens with zero attached hydrogens (tertiary/aromatic N) is 6. The predicted octanol–water partition coefficient (Wildman–Crippen LogP) is 2.71. The number of phenolic OH excluding ortho intramolecular Hbond substituents is 1. The van der Waals surface area contributed by atoms with Gasteiger partial charge in [-0.2, -0.15) is 0 Å². The maximum absolute atomic E-state index is 10.5. The van der Waals surface area contributed by atoms with Gasteiger partial charge in [0.25, 0.3) is 0 Å². The summed E-state index contributed by atoms with van der Waals surface area (Å²) in [5, 5.41) is 22.7. The molecule has 0 bridgehead atoms. The van der Waals surface area contributed by atoms with Gasteiger partial charge in [0.1, 0.15) is 11.4 Å². The Morgan fingerprint density at radius 3 is 2.62 bits per heavy atom. The van der Waals surface area contributed by atoms with Crippen molar-refractivity contribution in [3.8, 4) is 22.7 Å². The summed E-state index contributed by atoms with van der Waals surface area (Å²) in [6, 6.07) is 5.84. The van der Waals surface area contributed by atoms with Crippen LogP contribution in [0.3, 0.4) is 0 Å². The molecule has 3 heterocycles. The summed E-state index contributed by atoms with van der Waals surface area (Å²) < 4.78 is 1.86. The molecule has 29 heavy (non-hydrogen) atoms. The fraction of sp³-hybridized carbons (Fsp3) is 0.429. The number of hydrogen-bond donors (Lipinski definition) is 2. The van der Waals surface area contributed by atoms with E-state index in [9.17, 15) is 5.11 Å². The number of rotatable bonds is 4. The molecule has 0 aliphatic carbocycles. The lowest BCUT2D eigenvalue weighted by Gasteiger charge is -2.25. The minimum Gasteiger partial charge on any atom is -0.507 e. The molecule has 4 rings (SSSR count). The van der Waals surface area contributed by atoms with Crippen LogP contribution in [0.1, 0.15) is 32.9 Å². The molecule has 152 valence electrons. The zero-order valence-electron chi connectivity index (χ0n) is 17.3. The van der Waals surface area contributed by atoms with E-state index < -0.39 is 0 Å². The van der Waals surface area contributed by atoms with Crippen LogP contribution in [0.2, 0.25) is 0 Å². The highest BCUT2D eigenvalue weighted by molar-refractivity contribution is 5.68. The first-order valence-corrected chi connectivity index (χ1v) is 9.85. The van der Waals surface area contributed by atoms with Crippen molar-refractivity contribution in [3.05, 3.63) is 42.6 Å². The van der Waals surface area contributed by atoms with Crippen molar-refractivity contribution in [1.82, 2.24) is 30.0 Å². The lowest BCUT2D eigenvalue weighted by Crippen LogP contribution is -2.45. The van der Waals surface area contributed by atoms with E-state index in [0.29, 0.717) is 23.2 Å². The number of hydrogen-bond acceptors (Lipinski definition) is 7. The maximum Gasteiger partial charge on any atom is 0.245 e. The lowest BCUT2D eigenvalue weighted by atomic mass is 10.1. The van der Waals surface area contributed by atoms with Crippen molar-refractivity contribution in [2.45, 2.75) is 45.7 Å². The summed E-state index contributed by atoms with van der Waals surface area (Å²) in [7, 11) is 0. The molecule has 8 nitrogen and oxygen atoms in total. The second-order valence-corrected chi connectivity index (χ2v) is 8.59. The summed E-state index contributed by atoms with van der Waals surface area (Å²) in [6.45, 7) is 10.2. The molecule has 0 radical (unpaired) electrons. The zero-order valence-corrected chi connectivity index (χ0v) is 17.3. The molecule has 1 aliphatic rings. The van der Waals surface area contributed by atoms with Crippen LogP contribution in [-0.4, -0.2) is 54.5 Å². The maximum atomic E-state index is 10.5. The standard InChI is InChI=1S/C21H27N7O/c1-14-11-28(13-23-14)16-5-6-17(19(29)9-16)18-10-22-20(26-25-18)27-8-7-15(12-27)24-21(2,3)4/h5-6,9-11,13,15,24,29H,7-8,12H2,1-4H3. The van der Waals surface area contributed by atoms with Gasteiger partial charge in [0.15, 0.2) is 0 Å². The Bertz CT molecular complexity index is 991. The van der Waals surface area contributed by atoms with E-state index in [1.807, 2.05) is 29.8 Å². The first kappa shape index (κ1) is 19.3. The number of anilines is 1. The van der Waals surface area contributed by atoms with E-state index in [1.165, 1.54) is 0 Å². The first-order valence-electron chi connectivity index (χ1n) is 9.85. The third kappa shape index (κ3) is 4.37. The summed E-state index contributed by atoms with van der Waals surface area (Å²) >= 11 is 0. The molecule has 2 N–H and O–H groups in total. The molecule has 1 aliphatic heterocycles. The van der Waals surface area contributed by atoms with Crippen LogP contribution in [0.25, 0.3) is 16.9 Å². The van der Waals surface area contributed by atoms with Crippen molar-refractivity contribution in [2.75, 3.05) is 18.0 Å². The lowest BCUT2D eigenvalue weighted by molar-refractivity contribution is 0.373. The Labute approximate surface area is 170 Å². The molecule has 1 atom stereocenters. The van der Waals surface area contributed by atoms with E-state index in [2.05, 4.69) is 51.2 Å². The van der Waals surface area contributed by atoms with Crippen LogP contribution in [0, 0.1) is 6.92 Å². The van der Waals surface area contributed by atoms with Crippen LogP contribution < -0.4 is 10.2 Å². The van der Waals surface area contributed by atoms with E-state index in [-0.39, 0.29) is 11.3 Å². The number of phenols is 1. The van der Waals surface area contributed by atoms with E-state index >= 15 is 0 Å². The van der Waals surface area contributed by atoms with Crippen molar-refractivity contribution in [1.29, 1.82) is 0 Å². The van der Waals surface area contributed by atoms with Gasteiger partial charge in [-0.05, 0) is 46.2 Å². The second-order valence-electron chi connectivity index (χ2n) is 8.59. The summed E-state index contributed by atoms with van der Waals surface area (Å²) in [5.74, 6) is 0.755. The van der Waals surface area contributed by atoms with Crippen LogP contribution in [0.4, 0.5) is 5.95 Å². The highest BCUT2D eigenvalue weighted by Gasteiger charge is 2.27. The average Bonchev–Trinajstić information content (AvgIpc) is 3.30. The topological polar surface area (TPSA) is 92.0 Å². The minimum atomic E-state index is 0.0861. The molecule has 1 unspecified atom stereocenters. The van der Waals surface area contributed by atoms with Crippen LogP contribution in [0.15, 0.2) is 36.9 Å². The molecule has 1 saturated heterocycles. The van der Waals surface area contributed by atoms with Crippen molar-refractivity contribution in [2.24, 2.45) is 0 Å². The zero-order chi connectivity index (χ0) is 20.6. The van der Waals surface area contributed by atoms with Crippen molar-refractivity contribution in [3.63, 3.8) is 0 Å². The van der Waals surface area contributed by atoms with Crippen LogP contribution in [0.5, 0.6) is 5.75 Å². The van der Waals surface area contributed by atoms with Gasteiger partial charge in [0, 0.05) is 42.5 Å². The molecular weight excluding hydrogens is 366 g/mol. The molecular formula is C21H27N7O. The number of aryl methyl sites for hydroxylation is 1. The highest BCUT2D eigenvalue weighted by Crippen LogP contribution is 2.30. The molecule has 0 amide bonds. The second kappa shape index (κ2) is 7.44. The van der Waals surface area contributed by atoms with Crippen LogP contribution >= 0.6 is 0 Å². The van der Waals surface area contributed by atoms with Gasteiger partial charge in [0.2, 0.25) is 5.95 Å². The minimum absolute atomic E-state index is 0.0861. The molecule has 0 spiro atoms. The molecule has 0 saturated carbocycles. The monoisotopic (exact) mass is 393 g/mol. The predicted molar refractivity (Wildman–Crippen MR) is 112 cm³/mol. The van der Waals surface area contributed by atoms with Gasteiger partial charge in [-0.3, -0.25) is 0 Å². The van der Waals surface area contributed by atoms with Gasteiger partial charge in [-0.25, -0.2) is 9.97 Å². The van der Waals surface area contributed by atoms with Gasteiger partial charge in [-0.15, -0.1) is 10.2 Å². The quantitative estimate of drug-likeness (QED) is 0.704. The van der Waals surface area contributed by atoms with Gasteiger partial charge < -0.3 is 19.9 Å². The summed E-state index contributed by atoms with van der Waals surface area (Å²) in [6.07, 6.45) is 6.35. The Hall–Kier alpha value is -3.00. The van der Waals surface area contributed by atoms with E-state index in [1.54, 1.807) is 18.6 Å².